The zero-order chi connectivity index (χ0) is 23.2. The fraction of sp³-hybridized carbons (Fsp3) is 0.154. The maximum Gasteiger partial charge on any atom is 0.510 e. The van der Waals surface area contributed by atoms with Crippen molar-refractivity contribution < 1.29 is 23.9 Å². The fourth-order valence-electron chi connectivity index (χ4n) is 3.74. The third-order valence-corrected chi connectivity index (χ3v) is 5.34. The van der Waals surface area contributed by atoms with Gasteiger partial charge >= 0.3 is 6.16 Å². The number of hydrogen-bond donors (Lipinski definition) is 0. The molecule has 0 unspecified atom stereocenters. The quantitative estimate of drug-likeness (QED) is 0.405. The van der Waals surface area contributed by atoms with Crippen LogP contribution in [0.4, 0.5) is 4.79 Å². The van der Waals surface area contributed by atoms with E-state index in [1.807, 2.05) is 42.5 Å². The summed E-state index contributed by atoms with van der Waals surface area (Å²) in [6.07, 6.45) is -2.34. The van der Waals surface area contributed by atoms with Gasteiger partial charge in [0.2, 0.25) is 6.10 Å². The van der Waals surface area contributed by atoms with E-state index in [0.29, 0.717) is 0 Å². The van der Waals surface area contributed by atoms with Gasteiger partial charge in [-0.25, -0.2) is 4.79 Å². The first kappa shape index (κ1) is 21.8. The summed E-state index contributed by atoms with van der Waals surface area (Å²) in [6, 6.07) is 25.4. The molecule has 3 aromatic carbocycles. The number of hydrogen-bond acceptors (Lipinski definition) is 6. The standard InChI is InChI=1S/C26H20N2O5/c27-16-23(33-26(31)32-17-19-11-5-2-6-12-19)22(15-18-9-3-1-4-10-18)28-24(29)20-13-7-8-14-21(20)25(28)30/h1-14,22-23H,15,17H2/t22-,23+/m0/s1. The molecule has 0 radical (unpaired) electrons. The predicted octanol–water partition coefficient (Wildman–Crippen LogP) is 4.14. The fourth-order valence-corrected chi connectivity index (χ4v) is 3.74. The highest BCUT2D eigenvalue weighted by atomic mass is 16.7. The van der Waals surface area contributed by atoms with E-state index < -0.39 is 30.1 Å². The van der Waals surface area contributed by atoms with Crippen LogP contribution in [-0.4, -0.2) is 35.0 Å². The van der Waals surface area contributed by atoms with Crippen molar-refractivity contribution in [3.8, 4) is 6.07 Å². The van der Waals surface area contributed by atoms with Crippen LogP contribution >= 0.6 is 0 Å². The van der Waals surface area contributed by atoms with Crippen molar-refractivity contribution in [2.45, 2.75) is 25.2 Å². The summed E-state index contributed by atoms with van der Waals surface area (Å²) < 4.78 is 10.4. The first-order valence-corrected chi connectivity index (χ1v) is 10.4. The first-order chi connectivity index (χ1) is 16.1. The summed E-state index contributed by atoms with van der Waals surface area (Å²) >= 11 is 0. The van der Waals surface area contributed by atoms with Gasteiger partial charge in [-0.15, -0.1) is 0 Å². The van der Waals surface area contributed by atoms with Crippen LogP contribution in [0.1, 0.15) is 31.8 Å². The van der Waals surface area contributed by atoms with E-state index in [4.69, 9.17) is 9.47 Å². The molecule has 2 atom stereocenters. The van der Waals surface area contributed by atoms with Crippen LogP contribution in [0.25, 0.3) is 0 Å². The Bertz CT molecular complexity index is 1170. The molecule has 7 heteroatoms. The average Bonchev–Trinajstić information content (AvgIpc) is 3.11. The molecule has 7 nitrogen and oxygen atoms in total. The number of nitrogens with zero attached hydrogens (tertiary/aromatic N) is 2. The number of carbonyl (C=O) groups excluding carboxylic acids is 3. The van der Waals surface area contributed by atoms with Crippen LogP contribution in [0.15, 0.2) is 84.9 Å². The summed E-state index contributed by atoms with van der Waals surface area (Å²) in [7, 11) is 0. The second-order valence-corrected chi connectivity index (χ2v) is 7.47. The highest BCUT2D eigenvalue weighted by molar-refractivity contribution is 6.21. The molecule has 0 saturated heterocycles. The molecule has 2 amide bonds. The molecule has 164 valence electrons. The lowest BCUT2D eigenvalue weighted by Gasteiger charge is -2.29. The molecule has 4 rings (SSSR count). The van der Waals surface area contributed by atoms with Crippen LogP contribution in [-0.2, 0) is 22.5 Å². The van der Waals surface area contributed by atoms with E-state index in [9.17, 15) is 19.6 Å². The molecule has 33 heavy (non-hydrogen) atoms. The lowest BCUT2D eigenvalue weighted by Crippen LogP contribution is -2.49. The normalized spacial score (nSPS) is 14.2. The van der Waals surface area contributed by atoms with E-state index in [1.54, 1.807) is 48.5 Å². The number of rotatable bonds is 7. The van der Waals surface area contributed by atoms with Crippen molar-refractivity contribution in [1.29, 1.82) is 5.26 Å². The number of imide groups is 1. The lowest BCUT2D eigenvalue weighted by molar-refractivity contribution is 0.00580. The van der Waals surface area contributed by atoms with Crippen molar-refractivity contribution in [3.05, 3.63) is 107 Å². The minimum Gasteiger partial charge on any atom is -0.429 e. The minimum atomic E-state index is -1.42. The van der Waals surface area contributed by atoms with Crippen LogP contribution in [0.2, 0.25) is 0 Å². The van der Waals surface area contributed by atoms with E-state index in [2.05, 4.69) is 0 Å². The SMILES string of the molecule is N#C[C@@H](OC(=O)OCc1ccccc1)[C@H](Cc1ccccc1)N1C(=O)c2ccccc2C1=O. The largest absolute Gasteiger partial charge is 0.510 e. The number of benzene rings is 3. The molecule has 1 aliphatic rings. The van der Waals surface area contributed by atoms with Crippen molar-refractivity contribution in [2.24, 2.45) is 0 Å². The Morgan fingerprint density at radius 3 is 1.88 bits per heavy atom. The second-order valence-electron chi connectivity index (χ2n) is 7.47. The van der Waals surface area contributed by atoms with Crippen LogP contribution in [0, 0.1) is 11.3 Å². The van der Waals surface area contributed by atoms with Gasteiger partial charge in [-0.2, -0.15) is 5.26 Å². The van der Waals surface area contributed by atoms with Gasteiger partial charge in [0.1, 0.15) is 12.7 Å². The third-order valence-electron chi connectivity index (χ3n) is 5.34. The topological polar surface area (TPSA) is 96.7 Å². The Morgan fingerprint density at radius 1 is 0.818 bits per heavy atom. The van der Waals surface area contributed by atoms with E-state index in [-0.39, 0.29) is 24.2 Å². The predicted molar refractivity (Wildman–Crippen MR) is 118 cm³/mol. The summed E-state index contributed by atoms with van der Waals surface area (Å²) in [5.74, 6) is -1.06. The molecule has 1 heterocycles. The van der Waals surface area contributed by atoms with Gasteiger partial charge in [-0.05, 0) is 29.7 Å². The Labute approximate surface area is 190 Å². The number of carbonyl (C=O) groups is 3. The Kier molecular flexibility index (Phi) is 6.46. The summed E-state index contributed by atoms with van der Waals surface area (Å²) in [4.78, 5) is 39.5. The van der Waals surface area contributed by atoms with Gasteiger partial charge in [-0.1, -0.05) is 72.8 Å². The highest BCUT2D eigenvalue weighted by Gasteiger charge is 2.44. The van der Waals surface area contributed by atoms with E-state index in [0.717, 1.165) is 16.0 Å². The number of fused-ring (bicyclic) bond motifs is 1. The van der Waals surface area contributed by atoms with Crippen molar-refractivity contribution >= 4 is 18.0 Å². The zero-order valence-corrected chi connectivity index (χ0v) is 17.6. The van der Waals surface area contributed by atoms with E-state index >= 15 is 0 Å². The van der Waals surface area contributed by atoms with Crippen molar-refractivity contribution in [3.63, 3.8) is 0 Å². The highest BCUT2D eigenvalue weighted by Crippen LogP contribution is 2.28. The summed E-state index contributed by atoms with van der Waals surface area (Å²) in [6.45, 7) is -0.0335. The first-order valence-electron chi connectivity index (χ1n) is 10.4. The zero-order valence-electron chi connectivity index (χ0n) is 17.6. The van der Waals surface area contributed by atoms with Gasteiger partial charge in [0.25, 0.3) is 11.8 Å². The van der Waals surface area contributed by atoms with Crippen LogP contribution in [0.3, 0.4) is 0 Å². The Hall–Kier alpha value is -4.44. The smallest absolute Gasteiger partial charge is 0.429 e. The van der Waals surface area contributed by atoms with Gasteiger partial charge < -0.3 is 9.47 Å². The van der Waals surface area contributed by atoms with E-state index in [1.165, 1.54) is 0 Å². The number of amides is 2. The third kappa shape index (κ3) is 4.75. The molecule has 3 aromatic rings. The van der Waals surface area contributed by atoms with Crippen LogP contribution < -0.4 is 0 Å². The van der Waals surface area contributed by atoms with Crippen molar-refractivity contribution in [1.82, 2.24) is 4.90 Å². The molecule has 0 aliphatic carbocycles. The molecule has 0 N–H and O–H groups in total. The maximum absolute atomic E-state index is 13.1. The second kappa shape index (κ2) is 9.79. The number of ether oxygens (including phenoxy) is 2. The van der Waals surface area contributed by atoms with Gasteiger partial charge in [-0.3, -0.25) is 14.5 Å². The molecule has 0 spiro atoms. The van der Waals surface area contributed by atoms with Gasteiger partial charge in [0.05, 0.1) is 17.2 Å². The summed E-state index contributed by atoms with van der Waals surface area (Å²) in [5.41, 5.74) is 2.04. The maximum atomic E-state index is 13.1. The molecule has 0 bridgehead atoms. The summed E-state index contributed by atoms with van der Waals surface area (Å²) in [5, 5.41) is 9.83. The molecular formula is C26H20N2O5. The molecule has 0 aromatic heterocycles. The molecule has 0 saturated carbocycles. The molecule has 0 fully saturated rings. The average molecular weight is 440 g/mol. The minimum absolute atomic E-state index is 0.0335. The molecule has 1 aliphatic heterocycles. The lowest BCUT2D eigenvalue weighted by atomic mass is 10.00. The monoisotopic (exact) mass is 440 g/mol. The molecular weight excluding hydrogens is 420 g/mol. The van der Waals surface area contributed by atoms with Crippen LogP contribution in [0.5, 0.6) is 0 Å². The van der Waals surface area contributed by atoms with Gasteiger partial charge in [0.15, 0.2) is 0 Å². The Morgan fingerprint density at radius 2 is 1.33 bits per heavy atom. The van der Waals surface area contributed by atoms with Crippen molar-refractivity contribution in [2.75, 3.05) is 0 Å². The number of nitriles is 1. The van der Waals surface area contributed by atoms with Gasteiger partial charge in [0, 0.05) is 0 Å². The Balaban J connectivity index is 1.57.